The molecule has 0 unspecified atom stereocenters. The Kier molecular flexibility index (Phi) is 0.862. The molecular weight excluding hydrogens is 140 g/mol. The first-order valence-electron chi connectivity index (χ1n) is 5.93. The van der Waals surface area contributed by atoms with Crippen molar-refractivity contribution in [1.82, 2.24) is 0 Å². The topological polar surface area (TPSA) is 37.3 Å². The first kappa shape index (κ1) is 2.97. The predicted octanol–water partition coefficient (Wildman–Crippen LogP) is 1.62. The van der Waals surface area contributed by atoms with E-state index in [0.717, 1.165) is 0 Å². The Hall–Kier alpha value is -1.31. The Bertz CT molecular complexity index is 468. The van der Waals surface area contributed by atoms with Crippen molar-refractivity contribution in [3.8, 4) is 0 Å². The Morgan fingerprint density at radius 1 is 1.64 bits per heavy atom. The van der Waals surface area contributed by atoms with E-state index in [1.165, 1.54) is 6.92 Å². The summed E-state index contributed by atoms with van der Waals surface area (Å²) in [4.78, 5) is 10.8. The minimum absolute atomic E-state index is 0.0601. The van der Waals surface area contributed by atoms with Gasteiger partial charge >= 0.3 is 5.97 Å². The summed E-state index contributed by atoms with van der Waals surface area (Å²) < 4.78 is 44.7. The van der Waals surface area contributed by atoms with E-state index in [1.807, 2.05) is 0 Å². The summed E-state index contributed by atoms with van der Waals surface area (Å²) in [7, 11) is 0. The SMILES string of the molecule is [2H]c1c([2H])c(C([2H])([2H])C(=O)O)c([2H])c([2H])c1C. The van der Waals surface area contributed by atoms with Crippen molar-refractivity contribution >= 4 is 5.97 Å². The Balaban J connectivity index is 3.72. The van der Waals surface area contributed by atoms with E-state index >= 15 is 0 Å². The molecule has 0 bridgehead atoms. The molecule has 0 radical (unpaired) electrons. The third-order valence-corrected chi connectivity index (χ3v) is 0.982. The van der Waals surface area contributed by atoms with Gasteiger partial charge in [0.25, 0.3) is 0 Å². The summed E-state index contributed by atoms with van der Waals surface area (Å²) in [6, 6.07) is -2.16. The number of carboxylic acids is 1. The first-order chi connectivity index (χ1) is 7.62. The number of aliphatic carboxylic acids is 1. The van der Waals surface area contributed by atoms with Crippen LogP contribution in [-0.2, 0) is 11.2 Å². The quantitative estimate of drug-likeness (QED) is 0.706. The zero-order chi connectivity index (χ0) is 13.5. The maximum Gasteiger partial charge on any atom is 0.307 e. The minimum atomic E-state index is -2.95. The van der Waals surface area contributed by atoms with Crippen LogP contribution in [-0.4, -0.2) is 11.1 Å². The van der Waals surface area contributed by atoms with Crippen LogP contribution in [0.1, 0.15) is 19.4 Å². The van der Waals surface area contributed by atoms with Gasteiger partial charge in [0.15, 0.2) is 0 Å². The fourth-order valence-corrected chi connectivity index (χ4v) is 0.544. The summed E-state index contributed by atoms with van der Waals surface area (Å²) >= 11 is 0. The molecule has 0 aliphatic carbocycles. The fourth-order valence-electron chi connectivity index (χ4n) is 0.544. The van der Waals surface area contributed by atoms with Crippen LogP contribution in [0.15, 0.2) is 24.2 Å². The van der Waals surface area contributed by atoms with Crippen LogP contribution in [0.2, 0.25) is 0 Å². The second kappa shape index (κ2) is 3.19. The lowest BCUT2D eigenvalue weighted by Crippen LogP contribution is -1.99. The van der Waals surface area contributed by atoms with Gasteiger partial charge in [-0.2, -0.15) is 0 Å². The van der Waals surface area contributed by atoms with Crippen molar-refractivity contribution in [2.75, 3.05) is 0 Å². The standard InChI is InChI=1S/C9H10O2/c1-7-2-4-8(5-3-7)6-9(10)11/h2-5H,6H2,1H3,(H,10,11)/i2D,3D,4D,5D,6D2. The normalized spacial score (nSPS) is 18.6. The molecule has 58 valence electrons. The lowest BCUT2D eigenvalue weighted by Gasteiger charge is -1.96. The largest absolute Gasteiger partial charge is 0.481 e. The molecule has 0 spiro atoms. The molecule has 11 heavy (non-hydrogen) atoms. The highest BCUT2D eigenvalue weighted by molar-refractivity contribution is 5.70. The van der Waals surface area contributed by atoms with Crippen LogP contribution in [0.25, 0.3) is 0 Å². The van der Waals surface area contributed by atoms with Crippen molar-refractivity contribution in [2.24, 2.45) is 0 Å². The Labute approximate surface area is 73.9 Å². The number of benzene rings is 1. The van der Waals surface area contributed by atoms with Gasteiger partial charge in [0.1, 0.15) is 0 Å². The molecule has 0 saturated heterocycles. The molecule has 1 aromatic rings. The Morgan fingerprint density at radius 3 is 2.64 bits per heavy atom. The summed E-state index contributed by atoms with van der Waals surface area (Å²) in [5.41, 5.74) is -0.685. The molecule has 1 rings (SSSR count). The van der Waals surface area contributed by atoms with Gasteiger partial charge in [-0.3, -0.25) is 4.79 Å². The van der Waals surface area contributed by atoms with Crippen LogP contribution in [0.3, 0.4) is 0 Å². The number of carboxylic acid groups (broad SMARTS) is 1. The van der Waals surface area contributed by atoms with Gasteiger partial charge in [0, 0.05) is 2.74 Å². The van der Waals surface area contributed by atoms with Crippen LogP contribution in [0, 0.1) is 6.92 Å². The third-order valence-electron chi connectivity index (χ3n) is 0.982. The molecule has 0 fully saturated rings. The van der Waals surface area contributed by atoms with Crippen molar-refractivity contribution in [2.45, 2.75) is 13.3 Å². The van der Waals surface area contributed by atoms with Gasteiger partial charge in [-0.05, 0) is 12.5 Å². The number of rotatable bonds is 2. The molecule has 1 N–H and O–H groups in total. The number of hydrogen-bond acceptors (Lipinski definition) is 1. The van der Waals surface area contributed by atoms with Gasteiger partial charge in [-0.1, -0.05) is 29.7 Å². The van der Waals surface area contributed by atoms with E-state index in [9.17, 15) is 4.79 Å². The zero-order valence-electron chi connectivity index (χ0n) is 11.9. The van der Waals surface area contributed by atoms with Crippen molar-refractivity contribution in [3.05, 3.63) is 35.3 Å². The van der Waals surface area contributed by atoms with Crippen molar-refractivity contribution in [3.63, 3.8) is 0 Å². The minimum Gasteiger partial charge on any atom is -0.481 e. The van der Waals surface area contributed by atoms with Gasteiger partial charge in [-0.15, -0.1) is 0 Å². The van der Waals surface area contributed by atoms with Crippen molar-refractivity contribution < 1.29 is 18.1 Å². The summed E-state index contributed by atoms with van der Waals surface area (Å²) in [5, 5.41) is 8.73. The molecule has 0 amide bonds. The molecular formula is C9H10O2. The highest BCUT2D eigenvalue weighted by atomic mass is 16.4. The average molecular weight is 156 g/mol. The maximum atomic E-state index is 10.8. The number of carbonyl (C=O) groups is 1. The molecule has 0 aliphatic rings. The monoisotopic (exact) mass is 156 g/mol. The van der Waals surface area contributed by atoms with E-state index in [0.29, 0.717) is 0 Å². The highest BCUT2D eigenvalue weighted by Crippen LogP contribution is 2.03. The summed E-state index contributed by atoms with van der Waals surface area (Å²) in [6.45, 7) is 1.36. The fraction of sp³-hybridized carbons (Fsp3) is 0.222. The molecule has 2 heteroatoms. The van der Waals surface area contributed by atoms with E-state index in [-0.39, 0.29) is 5.56 Å². The summed E-state index contributed by atoms with van der Waals surface area (Å²) in [6.07, 6.45) is -2.95. The van der Waals surface area contributed by atoms with E-state index in [1.54, 1.807) is 0 Å². The third kappa shape index (κ3) is 2.42. The molecule has 0 aliphatic heterocycles. The van der Waals surface area contributed by atoms with Gasteiger partial charge in [0.05, 0.1) is 11.9 Å². The predicted molar refractivity (Wildman–Crippen MR) is 42.5 cm³/mol. The highest BCUT2D eigenvalue weighted by Gasteiger charge is 1.97. The number of hydrogen-bond donors (Lipinski definition) is 1. The van der Waals surface area contributed by atoms with Gasteiger partial charge in [0.2, 0.25) is 0 Å². The molecule has 0 saturated carbocycles. The second-order valence-corrected chi connectivity index (χ2v) is 1.93. The lowest BCUT2D eigenvalue weighted by atomic mass is 10.1. The van der Waals surface area contributed by atoms with E-state index < -0.39 is 42.1 Å². The van der Waals surface area contributed by atoms with E-state index in [2.05, 4.69) is 0 Å². The molecule has 0 heterocycles. The molecule has 2 nitrogen and oxygen atoms in total. The van der Waals surface area contributed by atoms with Crippen LogP contribution >= 0.6 is 0 Å². The molecule has 0 atom stereocenters. The molecule has 1 aromatic carbocycles. The van der Waals surface area contributed by atoms with Crippen LogP contribution in [0.5, 0.6) is 0 Å². The van der Waals surface area contributed by atoms with E-state index in [4.69, 9.17) is 13.3 Å². The summed E-state index contributed by atoms with van der Waals surface area (Å²) in [5.74, 6) is -1.85. The zero-order valence-corrected chi connectivity index (χ0v) is 5.86. The second-order valence-electron chi connectivity index (χ2n) is 1.93. The Morgan fingerprint density at radius 2 is 2.18 bits per heavy atom. The molecule has 0 aromatic heterocycles. The van der Waals surface area contributed by atoms with Gasteiger partial charge in [-0.25, -0.2) is 0 Å². The van der Waals surface area contributed by atoms with Gasteiger partial charge < -0.3 is 5.11 Å². The average Bonchev–Trinajstić information content (AvgIpc) is 2.23. The van der Waals surface area contributed by atoms with Crippen LogP contribution in [0.4, 0.5) is 0 Å². The lowest BCUT2D eigenvalue weighted by molar-refractivity contribution is -0.136. The smallest absolute Gasteiger partial charge is 0.307 e. The van der Waals surface area contributed by atoms with Crippen LogP contribution < -0.4 is 0 Å². The first-order valence-corrected chi connectivity index (χ1v) is 2.93. The van der Waals surface area contributed by atoms with Crippen molar-refractivity contribution in [1.29, 1.82) is 0 Å². The maximum absolute atomic E-state index is 10.8.